The standard InChI is InChI=1S/C17H18N2O6/c1-17(2)7-6-8-10(25-17)5-4-9-12(8)18-15-11(14(9)23-3)13(20)16(24-15)19(21)22/h4-5,13,16,20H,6-7H2,1-3H3. The van der Waals surface area contributed by atoms with E-state index in [0.717, 1.165) is 24.2 Å². The van der Waals surface area contributed by atoms with Crippen molar-refractivity contribution in [1.29, 1.82) is 0 Å². The van der Waals surface area contributed by atoms with E-state index in [-0.39, 0.29) is 17.0 Å². The zero-order valence-corrected chi connectivity index (χ0v) is 14.1. The van der Waals surface area contributed by atoms with Crippen LogP contribution in [0.3, 0.4) is 0 Å². The van der Waals surface area contributed by atoms with E-state index in [1.165, 1.54) is 7.11 Å². The summed E-state index contributed by atoms with van der Waals surface area (Å²) in [6.07, 6.45) is -1.43. The lowest BCUT2D eigenvalue weighted by atomic mass is 9.92. The van der Waals surface area contributed by atoms with Gasteiger partial charge in [0.1, 0.15) is 17.1 Å². The SMILES string of the molecule is COc1c2c(nc3c4c(ccc13)OC(C)(C)CC4)OC([N+](=O)[O-])C2O. The van der Waals surface area contributed by atoms with Crippen molar-refractivity contribution in [2.75, 3.05) is 7.11 Å². The molecule has 8 heteroatoms. The number of aryl methyl sites for hydroxylation is 1. The number of aliphatic hydroxyl groups excluding tert-OH is 1. The van der Waals surface area contributed by atoms with E-state index in [4.69, 9.17) is 14.2 Å². The first kappa shape index (κ1) is 15.9. The first-order chi connectivity index (χ1) is 11.8. The molecular formula is C17H18N2O6. The number of aliphatic hydroxyl groups is 1. The van der Waals surface area contributed by atoms with Crippen molar-refractivity contribution in [3.05, 3.63) is 33.4 Å². The average molecular weight is 346 g/mol. The summed E-state index contributed by atoms with van der Waals surface area (Å²) in [5.41, 5.74) is 1.50. The molecule has 2 unspecified atom stereocenters. The van der Waals surface area contributed by atoms with Gasteiger partial charge >= 0.3 is 6.23 Å². The van der Waals surface area contributed by atoms with Crippen molar-refractivity contribution in [2.24, 2.45) is 0 Å². The van der Waals surface area contributed by atoms with Crippen LogP contribution in [0.4, 0.5) is 0 Å². The summed E-state index contributed by atoms with van der Waals surface area (Å²) in [4.78, 5) is 14.9. The molecule has 132 valence electrons. The van der Waals surface area contributed by atoms with E-state index in [2.05, 4.69) is 4.98 Å². The Kier molecular flexibility index (Phi) is 3.30. The van der Waals surface area contributed by atoms with Crippen LogP contribution in [0.5, 0.6) is 17.4 Å². The summed E-state index contributed by atoms with van der Waals surface area (Å²) in [6.45, 7) is 4.05. The van der Waals surface area contributed by atoms with Crippen LogP contribution >= 0.6 is 0 Å². The number of ether oxygens (including phenoxy) is 3. The summed E-state index contributed by atoms with van der Waals surface area (Å²) < 4.78 is 16.8. The number of pyridine rings is 1. The predicted octanol–water partition coefficient (Wildman–Crippen LogP) is 2.38. The third kappa shape index (κ3) is 2.28. The van der Waals surface area contributed by atoms with Gasteiger partial charge in [0, 0.05) is 10.9 Å². The molecule has 0 amide bonds. The molecule has 2 aliphatic rings. The Morgan fingerprint density at radius 1 is 1.44 bits per heavy atom. The minimum Gasteiger partial charge on any atom is -0.495 e. The van der Waals surface area contributed by atoms with Gasteiger partial charge < -0.3 is 19.3 Å². The van der Waals surface area contributed by atoms with E-state index in [0.29, 0.717) is 16.7 Å². The Balaban J connectivity index is 1.95. The Hall–Kier alpha value is -2.61. The molecule has 3 heterocycles. The lowest BCUT2D eigenvalue weighted by molar-refractivity contribution is -0.572. The maximum absolute atomic E-state index is 11.1. The molecule has 0 radical (unpaired) electrons. The molecule has 0 saturated heterocycles. The molecule has 8 nitrogen and oxygen atoms in total. The zero-order valence-electron chi connectivity index (χ0n) is 14.1. The highest BCUT2D eigenvalue weighted by Crippen LogP contribution is 2.47. The van der Waals surface area contributed by atoms with Crippen LogP contribution in [0.15, 0.2) is 12.1 Å². The van der Waals surface area contributed by atoms with Crippen LogP contribution in [-0.4, -0.2) is 34.0 Å². The van der Waals surface area contributed by atoms with Gasteiger partial charge in [-0.15, -0.1) is 0 Å². The van der Waals surface area contributed by atoms with Gasteiger partial charge in [-0.05, 0) is 38.8 Å². The van der Waals surface area contributed by atoms with Crippen molar-refractivity contribution in [2.45, 2.75) is 44.6 Å². The van der Waals surface area contributed by atoms with Gasteiger partial charge in [0.25, 0.3) is 0 Å². The number of aromatic nitrogens is 1. The third-order valence-electron chi connectivity index (χ3n) is 4.75. The molecule has 1 N–H and O–H groups in total. The first-order valence-corrected chi connectivity index (χ1v) is 8.03. The summed E-state index contributed by atoms with van der Waals surface area (Å²) >= 11 is 0. The fourth-order valence-electron chi connectivity index (χ4n) is 3.49. The van der Waals surface area contributed by atoms with Crippen molar-refractivity contribution in [3.63, 3.8) is 0 Å². The number of fused-ring (bicyclic) bond motifs is 4. The summed E-state index contributed by atoms with van der Waals surface area (Å²) in [5, 5.41) is 22.1. The second-order valence-electron chi connectivity index (χ2n) is 6.90. The number of methoxy groups -OCH3 is 1. The van der Waals surface area contributed by atoms with Gasteiger partial charge in [0.05, 0.1) is 23.1 Å². The van der Waals surface area contributed by atoms with Crippen molar-refractivity contribution in [3.8, 4) is 17.4 Å². The zero-order chi connectivity index (χ0) is 17.9. The Morgan fingerprint density at radius 3 is 2.88 bits per heavy atom. The highest BCUT2D eigenvalue weighted by atomic mass is 16.7. The number of nitrogens with zero attached hydrogens (tertiary/aromatic N) is 2. The van der Waals surface area contributed by atoms with E-state index >= 15 is 0 Å². The monoisotopic (exact) mass is 346 g/mol. The quantitative estimate of drug-likeness (QED) is 0.657. The molecule has 2 aliphatic heterocycles. The lowest BCUT2D eigenvalue weighted by Gasteiger charge is -2.33. The normalized spacial score (nSPS) is 23.4. The summed E-state index contributed by atoms with van der Waals surface area (Å²) in [5.74, 6) is 1.13. The second-order valence-corrected chi connectivity index (χ2v) is 6.90. The van der Waals surface area contributed by atoms with Crippen LogP contribution < -0.4 is 14.2 Å². The Labute approximate surface area is 143 Å². The number of hydrogen-bond donors (Lipinski definition) is 1. The van der Waals surface area contributed by atoms with E-state index in [9.17, 15) is 15.2 Å². The molecule has 4 rings (SSSR count). The third-order valence-corrected chi connectivity index (χ3v) is 4.75. The Morgan fingerprint density at radius 2 is 2.20 bits per heavy atom. The fourth-order valence-corrected chi connectivity index (χ4v) is 3.49. The molecule has 0 aliphatic carbocycles. The summed E-state index contributed by atoms with van der Waals surface area (Å²) in [6, 6.07) is 3.65. The highest BCUT2D eigenvalue weighted by Gasteiger charge is 2.46. The fraction of sp³-hybridized carbons (Fsp3) is 0.471. The van der Waals surface area contributed by atoms with Crippen LogP contribution in [0.2, 0.25) is 0 Å². The van der Waals surface area contributed by atoms with Crippen LogP contribution in [0.1, 0.15) is 37.5 Å². The second kappa shape index (κ2) is 5.19. The van der Waals surface area contributed by atoms with Crippen molar-refractivity contribution in [1.82, 2.24) is 4.98 Å². The van der Waals surface area contributed by atoms with Gasteiger partial charge in [-0.2, -0.15) is 0 Å². The minimum absolute atomic E-state index is 0.0387. The molecule has 0 bridgehead atoms. The molecular weight excluding hydrogens is 328 g/mol. The van der Waals surface area contributed by atoms with E-state index < -0.39 is 17.3 Å². The molecule has 25 heavy (non-hydrogen) atoms. The van der Waals surface area contributed by atoms with Crippen molar-refractivity contribution >= 4 is 10.9 Å². The summed E-state index contributed by atoms with van der Waals surface area (Å²) in [7, 11) is 1.46. The largest absolute Gasteiger partial charge is 0.495 e. The molecule has 1 aromatic carbocycles. The van der Waals surface area contributed by atoms with Gasteiger partial charge in [-0.1, -0.05) is 0 Å². The predicted molar refractivity (Wildman–Crippen MR) is 87.7 cm³/mol. The number of nitro groups is 1. The van der Waals surface area contributed by atoms with Gasteiger partial charge in [0.2, 0.25) is 5.88 Å². The minimum atomic E-state index is -1.58. The lowest BCUT2D eigenvalue weighted by Crippen LogP contribution is -2.32. The van der Waals surface area contributed by atoms with Gasteiger partial charge in [-0.3, -0.25) is 10.1 Å². The van der Waals surface area contributed by atoms with E-state index in [1.54, 1.807) is 6.07 Å². The molecule has 0 saturated carbocycles. The smallest absolute Gasteiger partial charge is 0.385 e. The average Bonchev–Trinajstić information content (AvgIpc) is 2.88. The van der Waals surface area contributed by atoms with Crippen molar-refractivity contribution < 1.29 is 24.2 Å². The highest BCUT2D eigenvalue weighted by molar-refractivity contribution is 5.92. The number of hydrogen-bond acceptors (Lipinski definition) is 7. The topological polar surface area (TPSA) is 104 Å². The van der Waals surface area contributed by atoms with Gasteiger partial charge in [-0.25, -0.2) is 4.98 Å². The molecule has 2 atom stereocenters. The van der Waals surface area contributed by atoms with Crippen LogP contribution in [0.25, 0.3) is 10.9 Å². The molecule has 1 aromatic heterocycles. The van der Waals surface area contributed by atoms with Crippen LogP contribution in [-0.2, 0) is 6.42 Å². The molecule has 2 aromatic rings. The Bertz CT molecular complexity index is 895. The molecule has 0 fully saturated rings. The van der Waals surface area contributed by atoms with E-state index in [1.807, 2.05) is 19.9 Å². The van der Waals surface area contributed by atoms with Gasteiger partial charge in [0.15, 0.2) is 6.10 Å². The maximum Gasteiger partial charge on any atom is 0.385 e. The van der Waals surface area contributed by atoms with Crippen LogP contribution in [0, 0.1) is 10.1 Å². The maximum atomic E-state index is 11.1. The number of rotatable bonds is 2. The number of benzene rings is 1. The first-order valence-electron chi connectivity index (χ1n) is 8.03. The molecule has 0 spiro atoms.